The lowest BCUT2D eigenvalue weighted by Gasteiger charge is -2.20. The molecule has 0 fully saturated rings. The first kappa shape index (κ1) is 22.6. The van der Waals surface area contributed by atoms with Crippen LogP contribution >= 0.6 is 11.3 Å². The van der Waals surface area contributed by atoms with E-state index in [0.29, 0.717) is 10.6 Å². The highest BCUT2D eigenvalue weighted by atomic mass is 32.1. The molecule has 29 heavy (non-hydrogen) atoms. The largest absolute Gasteiger partial charge is 0.454 e. The molecule has 1 aromatic heterocycles. The fraction of sp³-hybridized carbons (Fsp3) is 0.409. The SMILES string of the molecule is CC(C)[C@@H](NC(=O)c1cccs1)C(=O)OCC(=O)Nc1ccc(C(C)(C)C)cc1. The molecule has 7 heteroatoms. The van der Waals surface area contributed by atoms with Gasteiger partial charge >= 0.3 is 5.97 Å². The molecule has 2 amide bonds. The molecule has 0 aliphatic carbocycles. The van der Waals surface area contributed by atoms with Crippen LogP contribution in [0.2, 0.25) is 0 Å². The van der Waals surface area contributed by atoms with Gasteiger partial charge in [0.2, 0.25) is 0 Å². The second-order valence-electron chi connectivity index (χ2n) is 8.16. The summed E-state index contributed by atoms with van der Waals surface area (Å²) in [4.78, 5) is 37.2. The van der Waals surface area contributed by atoms with Gasteiger partial charge in [0.1, 0.15) is 6.04 Å². The maximum atomic E-state index is 12.4. The standard InChI is InChI=1S/C22H28N2O4S/c1-14(2)19(24-20(26)17-7-6-12-29-17)21(27)28-13-18(25)23-16-10-8-15(9-11-16)22(3,4)5/h6-12,14,19H,13H2,1-5H3,(H,23,25)(H,24,26)/t19-/m1/s1. The Morgan fingerprint density at radius 1 is 1.07 bits per heavy atom. The minimum atomic E-state index is -0.830. The predicted molar refractivity (Wildman–Crippen MR) is 115 cm³/mol. The zero-order valence-electron chi connectivity index (χ0n) is 17.4. The Kier molecular flexibility index (Phi) is 7.56. The minimum absolute atomic E-state index is 0.0253. The zero-order valence-corrected chi connectivity index (χ0v) is 18.3. The van der Waals surface area contributed by atoms with Gasteiger partial charge in [0, 0.05) is 5.69 Å². The van der Waals surface area contributed by atoms with Gasteiger partial charge in [-0.2, -0.15) is 0 Å². The fourth-order valence-electron chi connectivity index (χ4n) is 2.59. The summed E-state index contributed by atoms with van der Waals surface area (Å²) in [7, 11) is 0. The van der Waals surface area contributed by atoms with E-state index < -0.39 is 24.5 Å². The molecule has 2 N–H and O–H groups in total. The third-order valence-electron chi connectivity index (χ3n) is 4.33. The molecule has 0 bridgehead atoms. The van der Waals surface area contributed by atoms with Crippen LogP contribution in [0.5, 0.6) is 0 Å². The number of carbonyl (C=O) groups is 3. The van der Waals surface area contributed by atoms with E-state index in [-0.39, 0.29) is 17.2 Å². The van der Waals surface area contributed by atoms with Crippen molar-refractivity contribution in [1.29, 1.82) is 0 Å². The number of carbonyl (C=O) groups excluding carboxylic acids is 3. The molecular weight excluding hydrogens is 388 g/mol. The Balaban J connectivity index is 1.88. The van der Waals surface area contributed by atoms with Gasteiger partial charge in [0.25, 0.3) is 11.8 Å². The highest BCUT2D eigenvalue weighted by Gasteiger charge is 2.27. The third kappa shape index (κ3) is 6.71. The molecule has 1 heterocycles. The Morgan fingerprint density at radius 3 is 2.24 bits per heavy atom. The van der Waals surface area contributed by atoms with Crippen LogP contribution in [-0.4, -0.2) is 30.4 Å². The number of ether oxygens (including phenoxy) is 1. The van der Waals surface area contributed by atoms with Gasteiger partial charge in [-0.3, -0.25) is 9.59 Å². The topological polar surface area (TPSA) is 84.5 Å². The summed E-state index contributed by atoms with van der Waals surface area (Å²) in [5.41, 5.74) is 1.81. The van der Waals surface area contributed by atoms with Gasteiger partial charge in [-0.1, -0.05) is 52.8 Å². The van der Waals surface area contributed by atoms with E-state index in [0.717, 1.165) is 5.56 Å². The molecule has 0 saturated heterocycles. The van der Waals surface area contributed by atoms with Crippen molar-refractivity contribution >= 4 is 34.8 Å². The molecule has 0 aliphatic heterocycles. The van der Waals surface area contributed by atoms with Crippen LogP contribution in [0.4, 0.5) is 5.69 Å². The lowest BCUT2D eigenvalue weighted by molar-refractivity contribution is -0.150. The number of benzene rings is 1. The van der Waals surface area contributed by atoms with Crippen molar-refractivity contribution in [2.45, 2.75) is 46.1 Å². The normalized spacial score (nSPS) is 12.3. The lowest BCUT2D eigenvalue weighted by atomic mass is 9.87. The van der Waals surface area contributed by atoms with Gasteiger partial charge in [0.15, 0.2) is 6.61 Å². The molecule has 1 atom stereocenters. The van der Waals surface area contributed by atoms with Crippen molar-refractivity contribution in [3.8, 4) is 0 Å². The fourth-order valence-corrected chi connectivity index (χ4v) is 3.22. The monoisotopic (exact) mass is 416 g/mol. The predicted octanol–water partition coefficient (Wildman–Crippen LogP) is 3.98. The summed E-state index contributed by atoms with van der Waals surface area (Å²) in [6.45, 7) is 9.53. The van der Waals surface area contributed by atoms with Crippen molar-refractivity contribution in [2.24, 2.45) is 5.92 Å². The summed E-state index contributed by atoms with van der Waals surface area (Å²) >= 11 is 1.29. The van der Waals surface area contributed by atoms with Gasteiger partial charge in [0.05, 0.1) is 4.88 Å². The number of hydrogen-bond donors (Lipinski definition) is 2. The zero-order chi connectivity index (χ0) is 21.6. The van der Waals surface area contributed by atoms with Crippen molar-refractivity contribution in [3.05, 3.63) is 52.2 Å². The minimum Gasteiger partial charge on any atom is -0.454 e. The average molecular weight is 417 g/mol. The van der Waals surface area contributed by atoms with Crippen molar-refractivity contribution in [3.63, 3.8) is 0 Å². The smallest absolute Gasteiger partial charge is 0.329 e. The number of anilines is 1. The van der Waals surface area contributed by atoms with Crippen LogP contribution in [0, 0.1) is 5.92 Å². The van der Waals surface area contributed by atoms with E-state index in [1.807, 2.05) is 24.3 Å². The molecule has 0 unspecified atom stereocenters. The van der Waals surface area contributed by atoms with Crippen molar-refractivity contribution in [2.75, 3.05) is 11.9 Å². The van der Waals surface area contributed by atoms with E-state index in [1.165, 1.54) is 11.3 Å². The second-order valence-corrected chi connectivity index (χ2v) is 9.10. The van der Waals surface area contributed by atoms with E-state index in [1.54, 1.807) is 31.4 Å². The third-order valence-corrected chi connectivity index (χ3v) is 5.20. The first-order chi connectivity index (χ1) is 13.6. The highest BCUT2D eigenvalue weighted by Crippen LogP contribution is 2.23. The van der Waals surface area contributed by atoms with Gasteiger partial charge in [-0.15, -0.1) is 11.3 Å². The molecular formula is C22H28N2O4S. The molecule has 0 saturated carbocycles. The molecule has 0 spiro atoms. The molecule has 0 aliphatic rings. The number of nitrogens with one attached hydrogen (secondary N) is 2. The van der Waals surface area contributed by atoms with E-state index in [9.17, 15) is 14.4 Å². The van der Waals surface area contributed by atoms with Crippen LogP contribution in [-0.2, 0) is 19.7 Å². The Labute approximate surface area is 175 Å². The molecule has 0 radical (unpaired) electrons. The van der Waals surface area contributed by atoms with Crippen molar-refractivity contribution in [1.82, 2.24) is 5.32 Å². The van der Waals surface area contributed by atoms with Gasteiger partial charge in [-0.05, 0) is 40.5 Å². The number of thiophene rings is 1. The second kappa shape index (κ2) is 9.69. The molecule has 6 nitrogen and oxygen atoms in total. The van der Waals surface area contributed by atoms with Gasteiger partial charge < -0.3 is 15.4 Å². The first-order valence-corrected chi connectivity index (χ1v) is 10.4. The van der Waals surface area contributed by atoms with Crippen LogP contribution in [0.25, 0.3) is 0 Å². The number of amides is 2. The molecule has 156 valence electrons. The Hall–Kier alpha value is -2.67. The quantitative estimate of drug-likeness (QED) is 0.669. The molecule has 1 aromatic carbocycles. The summed E-state index contributed by atoms with van der Waals surface area (Å²) in [5, 5.41) is 7.17. The Bertz CT molecular complexity index is 837. The van der Waals surface area contributed by atoms with Crippen LogP contribution < -0.4 is 10.6 Å². The summed E-state index contributed by atoms with van der Waals surface area (Å²) in [6, 6.07) is 10.2. The first-order valence-electron chi connectivity index (χ1n) is 9.49. The van der Waals surface area contributed by atoms with E-state index in [4.69, 9.17) is 4.74 Å². The number of hydrogen-bond acceptors (Lipinski definition) is 5. The van der Waals surface area contributed by atoms with Crippen LogP contribution in [0.15, 0.2) is 41.8 Å². The average Bonchev–Trinajstić information content (AvgIpc) is 3.18. The summed E-state index contributed by atoms with van der Waals surface area (Å²) in [6.07, 6.45) is 0. The number of esters is 1. The number of rotatable bonds is 7. The Morgan fingerprint density at radius 2 is 1.72 bits per heavy atom. The lowest BCUT2D eigenvalue weighted by Crippen LogP contribution is -2.45. The van der Waals surface area contributed by atoms with Gasteiger partial charge in [-0.25, -0.2) is 4.79 Å². The molecule has 2 rings (SSSR count). The van der Waals surface area contributed by atoms with Crippen LogP contribution in [0.3, 0.4) is 0 Å². The highest BCUT2D eigenvalue weighted by molar-refractivity contribution is 7.12. The van der Waals surface area contributed by atoms with E-state index >= 15 is 0 Å². The van der Waals surface area contributed by atoms with E-state index in [2.05, 4.69) is 31.4 Å². The molecule has 2 aromatic rings. The maximum absolute atomic E-state index is 12.4. The maximum Gasteiger partial charge on any atom is 0.329 e. The van der Waals surface area contributed by atoms with Crippen LogP contribution in [0.1, 0.15) is 49.9 Å². The summed E-state index contributed by atoms with van der Waals surface area (Å²) in [5.74, 6) is -1.59. The summed E-state index contributed by atoms with van der Waals surface area (Å²) < 4.78 is 5.13. The van der Waals surface area contributed by atoms with Crippen molar-refractivity contribution < 1.29 is 19.1 Å².